The molecule has 0 amide bonds. The molecule has 2 rings (SSSR count). The molecule has 0 aromatic carbocycles. The number of fused-ring (bicyclic) bond motifs is 1. The van der Waals surface area contributed by atoms with Crippen molar-refractivity contribution in [2.45, 2.75) is 52.4 Å². The zero-order chi connectivity index (χ0) is 10.8. The first-order valence-electron chi connectivity index (χ1n) is 6.21. The van der Waals surface area contributed by atoms with Crippen LogP contribution in [0.25, 0.3) is 0 Å². The highest BCUT2D eigenvalue weighted by Crippen LogP contribution is 2.36. The van der Waals surface area contributed by atoms with Crippen molar-refractivity contribution in [3.8, 4) is 0 Å². The smallest absolute Gasteiger partial charge is 0.0195 e. The van der Waals surface area contributed by atoms with Crippen molar-refractivity contribution >= 4 is 0 Å². The lowest BCUT2D eigenvalue weighted by Gasteiger charge is -2.31. The Morgan fingerprint density at radius 3 is 2.29 bits per heavy atom. The maximum Gasteiger partial charge on any atom is -0.0195 e. The molecule has 2 aliphatic rings. The number of hydrogen-bond acceptors (Lipinski definition) is 1. The van der Waals surface area contributed by atoms with Gasteiger partial charge in [0.2, 0.25) is 0 Å². The van der Waals surface area contributed by atoms with Crippen molar-refractivity contribution in [3.05, 3.63) is 12.2 Å². The quantitative estimate of drug-likeness (QED) is 0.588. The molecule has 84 valence electrons. The minimum Gasteiger partial charge on any atom is -0.333 e. The van der Waals surface area contributed by atoms with Gasteiger partial charge < -0.3 is 5.73 Å². The number of nitrogens with two attached hydrogens (primary N) is 1. The maximum atomic E-state index is 4.50. The third kappa shape index (κ3) is 4.28. The number of rotatable bonds is 0. The average Bonchev–Trinajstić information content (AvgIpc) is 2.34. The first-order valence-corrected chi connectivity index (χ1v) is 6.21. The molecule has 0 radical (unpaired) electrons. The first kappa shape index (κ1) is 13.7. The summed E-state index contributed by atoms with van der Waals surface area (Å²) in [6, 6.07) is 0. The summed E-state index contributed by atoms with van der Waals surface area (Å²) in [6.07, 6.45) is 13.6. The standard InChI is InChI=1S/C10H16.C2H6.CH5N/c1-2-6-10-8-4-3-7-9(10)5-1;2*1-2/h1,5,9-10H,2-4,6-8H2;1-2H3;2H2,1H3. The topological polar surface area (TPSA) is 26.0 Å². The van der Waals surface area contributed by atoms with Gasteiger partial charge in [-0.25, -0.2) is 0 Å². The van der Waals surface area contributed by atoms with E-state index in [1.165, 1.54) is 45.6 Å². The van der Waals surface area contributed by atoms with E-state index in [2.05, 4.69) is 17.9 Å². The molecule has 1 saturated carbocycles. The summed E-state index contributed by atoms with van der Waals surface area (Å²) in [5.41, 5.74) is 4.50. The van der Waals surface area contributed by atoms with E-state index in [0.29, 0.717) is 0 Å². The SMILES string of the molecule is C1=CC2CCCCC2CC1.CC.CN. The van der Waals surface area contributed by atoms with Crippen LogP contribution in [0.3, 0.4) is 0 Å². The van der Waals surface area contributed by atoms with Crippen LogP contribution in [0.4, 0.5) is 0 Å². The van der Waals surface area contributed by atoms with Crippen molar-refractivity contribution in [3.63, 3.8) is 0 Å². The van der Waals surface area contributed by atoms with Gasteiger partial charge in [-0.1, -0.05) is 38.8 Å². The lowest BCUT2D eigenvalue weighted by molar-refractivity contribution is 0.259. The Morgan fingerprint density at radius 2 is 1.64 bits per heavy atom. The van der Waals surface area contributed by atoms with Gasteiger partial charge >= 0.3 is 0 Å². The normalized spacial score (nSPS) is 28.9. The van der Waals surface area contributed by atoms with Gasteiger partial charge in [0.25, 0.3) is 0 Å². The van der Waals surface area contributed by atoms with Crippen molar-refractivity contribution in [1.29, 1.82) is 0 Å². The minimum atomic E-state index is 0.975. The Kier molecular flexibility index (Phi) is 9.06. The van der Waals surface area contributed by atoms with Gasteiger partial charge in [0.15, 0.2) is 0 Å². The maximum absolute atomic E-state index is 4.50. The predicted octanol–water partition coefficient (Wildman–Crippen LogP) is 3.74. The molecular weight excluding hydrogens is 170 g/mol. The molecule has 1 heteroatoms. The molecule has 0 saturated heterocycles. The van der Waals surface area contributed by atoms with Gasteiger partial charge in [-0.05, 0) is 44.6 Å². The molecule has 0 heterocycles. The van der Waals surface area contributed by atoms with Gasteiger partial charge in [0.05, 0.1) is 0 Å². The van der Waals surface area contributed by atoms with Crippen molar-refractivity contribution in [2.24, 2.45) is 17.6 Å². The van der Waals surface area contributed by atoms with Gasteiger partial charge in [-0.2, -0.15) is 0 Å². The molecule has 0 aromatic rings. The first-order chi connectivity index (χ1) is 6.97. The monoisotopic (exact) mass is 197 g/mol. The zero-order valence-corrected chi connectivity index (χ0v) is 10.1. The molecule has 0 spiro atoms. The molecular formula is C13H27N. The second-order valence-electron chi connectivity index (χ2n) is 3.71. The van der Waals surface area contributed by atoms with Crippen molar-refractivity contribution in [1.82, 2.24) is 0 Å². The summed E-state index contributed by atoms with van der Waals surface area (Å²) in [4.78, 5) is 0. The largest absolute Gasteiger partial charge is 0.333 e. The van der Waals surface area contributed by atoms with Crippen LogP contribution >= 0.6 is 0 Å². The second-order valence-corrected chi connectivity index (χ2v) is 3.71. The van der Waals surface area contributed by atoms with Crippen LogP contribution in [0.2, 0.25) is 0 Å². The molecule has 14 heavy (non-hydrogen) atoms. The van der Waals surface area contributed by atoms with Crippen LogP contribution in [0, 0.1) is 11.8 Å². The summed E-state index contributed by atoms with van der Waals surface area (Å²) in [5.74, 6) is 2.04. The molecule has 2 atom stereocenters. The highest BCUT2D eigenvalue weighted by molar-refractivity contribution is 4.98. The Balaban J connectivity index is 0.000000379. The van der Waals surface area contributed by atoms with E-state index in [-0.39, 0.29) is 0 Å². The van der Waals surface area contributed by atoms with E-state index in [1.807, 2.05) is 13.8 Å². The molecule has 1 nitrogen and oxygen atoms in total. The molecule has 2 N–H and O–H groups in total. The minimum absolute atomic E-state index is 0.975. The fourth-order valence-electron chi connectivity index (χ4n) is 2.43. The highest BCUT2D eigenvalue weighted by atomic mass is 14.4. The Hall–Kier alpha value is -0.300. The number of allylic oxidation sites excluding steroid dienone is 2. The van der Waals surface area contributed by atoms with E-state index in [0.717, 1.165) is 11.8 Å². The van der Waals surface area contributed by atoms with E-state index in [4.69, 9.17) is 0 Å². The molecule has 2 unspecified atom stereocenters. The Bertz CT molecular complexity index is 140. The summed E-state index contributed by atoms with van der Waals surface area (Å²) < 4.78 is 0. The lowest BCUT2D eigenvalue weighted by atomic mass is 9.74. The fraction of sp³-hybridized carbons (Fsp3) is 0.846. The van der Waals surface area contributed by atoms with Crippen LogP contribution in [-0.2, 0) is 0 Å². The predicted molar refractivity (Wildman–Crippen MR) is 65.3 cm³/mol. The summed E-state index contributed by atoms with van der Waals surface area (Å²) in [5, 5.41) is 0. The zero-order valence-electron chi connectivity index (χ0n) is 10.1. The molecule has 0 aromatic heterocycles. The van der Waals surface area contributed by atoms with E-state index in [9.17, 15) is 0 Å². The number of hydrogen-bond donors (Lipinski definition) is 1. The molecule has 2 aliphatic carbocycles. The summed E-state index contributed by atoms with van der Waals surface area (Å²) in [6.45, 7) is 4.00. The molecule has 0 bridgehead atoms. The third-order valence-electron chi connectivity index (χ3n) is 3.06. The third-order valence-corrected chi connectivity index (χ3v) is 3.06. The second kappa shape index (κ2) is 9.26. The van der Waals surface area contributed by atoms with Gasteiger partial charge in [-0.3, -0.25) is 0 Å². The fourth-order valence-corrected chi connectivity index (χ4v) is 2.43. The Labute approximate surface area is 89.8 Å². The lowest BCUT2D eigenvalue weighted by Crippen LogP contribution is -2.19. The summed E-state index contributed by atoms with van der Waals surface area (Å²) >= 11 is 0. The summed E-state index contributed by atoms with van der Waals surface area (Å²) in [7, 11) is 1.50. The van der Waals surface area contributed by atoms with Crippen LogP contribution in [0.1, 0.15) is 52.4 Å². The van der Waals surface area contributed by atoms with E-state index in [1.54, 1.807) is 0 Å². The van der Waals surface area contributed by atoms with Crippen LogP contribution < -0.4 is 5.73 Å². The van der Waals surface area contributed by atoms with E-state index < -0.39 is 0 Å². The average molecular weight is 197 g/mol. The van der Waals surface area contributed by atoms with E-state index >= 15 is 0 Å². The van der Waals surface area contributed by atoms with Gasteiger partial charge in [-0.15, -0.1) is 0 Å². The van der Waals surface area contributed by atoms with Gasteiger partial charge in [0, 0.05) is 0 Å². The highest BCUT2D eigenvalue weighted by Gasteiger charge is 2.23. The van der Waals surface area contributed by atoms with Crippen LogP contribution in [0.15, 0.2) is 12.2 Å². The van der Waals surface area contributed by atoms with Gasteiger partial charge in [0.1, 0.15) is 0 Å². The molecule has 0 aliphatic heterocycles. The van der Waals surface area contributed by atoms with Crippen LogP contribution in [-0.4, -0.2) is 7.05 Å². The molecule has 1 fully saturated rings. The van der Waals surface area contributed by atoms with Crippen molar-refractivity contribution in [2.75, 3.05) is 7.05 Å². The van der Waals surface area contributed by atoms with Crippen molar-refractivity contribution < 1.29 is 0 Å². The Morgan fingerprint density at radius 1 is 1.00 bits per heavy atom. The van der Waals surface area contributed by atoms with Crippen LogP contribution in [0.5, 0.6) is 0 Å².